The highest BCUT2D eigenvalue weighted by Gasteiger charge is 2.13. The molecule has 17 heavy (non-hydrogen) atoms. The van der Waals surface area contributed by atoms with Gasteiger partial charge in [-0.05, 0) is 26.2 Å². The Balaban J connectivity index is 3.79. The van der Waals surface area contributed by atoms with E-state index in [1.807, 2.05) is 6.92 Å². The van der Waals surface area contributed by atoms with E-state index in [1.54, 1.807) is 14.0 Å². The Morgan fingerprint density at radius 1 is 1.24 bits per heavy atom. The zero-order valence-electron chi connectivity index (χ0n) is 11.9. The number of amides is 2. The molecular formula is C13H28N2O2. The average molecular weight is 244 g/mol. The number of aliphatic hydroxyl groups excluding tert-OH is 1. The first kappa shape index (κ1) is 16.2. The summed E-state index contributed by atoms with van der Waals surface area (Å²) in [7, 11) is 1.70. The zero-order valence-corrected chi connectivity index (χ0v) is 11.9. The minimum absolute atomic E-state index is 0.108. The molecule has 2 N–H and O–H groups in total. The van der Waals surface area contributed by atoms with Gasteiger partial charge in [0.15, 0.2) is 0 Å². The van der Waals surface area contributed by atoms with Crippen molar-refractivity contribution in [3.05, 3.63) is 0 Å². The van der Waals surface area contributed by atoms with Crippen LogP contribution >= 0.6 is 0 Å². The highest BCUT2D eigenvalue weighted by atomic mass is 16.3. The Labute approximate surface area is 105 Å². The number of nitrogens with zero attached hydrogens (tertiary/aromatic N) is 1. The van der Waals surface area contributed by atoms with E-state index < -0.39 is 6.10 Å². The lowest BCUT2D eigenvalue weighted by atomic mass is 10.0. The molecule has 0 bridgehead atoms. The maximum Gasteiger partial charge on any atom is 0.317 e. The van der Waals surface area contributed by atoms with Gasteiger partial charge in [-0.3, -0.25) is 0 Å². The first-order valence-electron chi connectivity index (χ1n) is 6.52. The van der Waals surface area contributed by atoms with E-state index in [9.17, 15) is 9.90 Å². The molecule has 0 fully saturated rings. The molecule has 0 aliphatic rings. The van der Waals surface area contributed by atoms with Crippen molar-refractivity contribution in [2.45, 2.75) is 59.1 Å². The van der Waals surface area contributed by atoms with Crippen molar-refractivity contribution >= 4 is 6.03 Å². The minimum Gasteiger partial charge on any atom is -0.392 e. The maximum absolute atomic E-state index is 11.7. The summed E-state index contributed by atoms with van der Waals surface area (Å²) in [5, 5.41) is 12.1. The van der Waals surface area contributed by atoms with Gasteiger partial charge < -0.3 is 15.3 Å². The Bertz CT molecular complexity index is 217. The van der Waals surface area contributed by atoms with E-state index in [1.165, 1.54) is 11.3 Å². The van der Waals surface area contributed by atoms with Crippen molar-refractivity contribution in [1.29, 1.82) is 0 Å². The molecule has 0 aromatic rings. The number of aliphatic hydroxyl groups is 1. The van der Waals surface area contributed by atoms with Crippen LogP contribution in [0.5, 0.6) is 0 Å². The number of carbonyl (C=O) groups excluding carboxylic acids is 1. The first-order valence-corrected chi connectivity index (χ1v) is 6.52. The molecule has 2 unspecified atom stereocenters. The number of likely N-dealkylation sites (N-methyl/N-ethyl adjacent to an activating group) is 1. The van der Waals surface area contributed by atoms with E-state index in [0.717, 1.165) is 18.8 Å². The number of hydrogen-bond donors (Lipinski definition) is 2. The summed E-state index contributed by atoms with van der Waals surface area (Å²) in [5.74, 6) is 0.718. The number of urea groups is 1. The molecule has 0 aromatic carbocycles. The average Bonchev–Trinajstić information content (AvgIpc) is 2.15. The fraction of sp³-hybridized carbons (Fsp3) is 0.923. The van der Waals surface area contributed by atoms with E-state index in [2.05, 4.69) is 19.2 Å². The SMILES string of the molecule is CC(C)CCCC(C)NC(=O)N(C)CC(C)O. The number of hydrogen-bond acceptors (Lipinski definition) is 2. The molecule has 0 aliphatic carbocycles. The lowest BCUT2D eigenvalue weighted by Gasteiger charge is -2.22. The third-order valence-corrected chi connectivity index (χ3v) is 2.67. The Morgan fingerprint density at radius 3 is 2.29 bits per heavy atom. The monoisotopic (exact) mass is 244 g/mol. The van der Waals surface area contributed by atoms with Crippen molar-refractivity contribution in [2.24, 2.45) is 5.92 Å². The summed E-state index contributed by atoms with van der Waals surface area (Å²) >= 11 is 0. The second-order valence-corrected chi connectivity index (χ2v) is 5.40. The standard InChI is InChI=1S/C13H28N2O2/c1-10(2)7-6-8-11(3)14-13(17)15(5)9-12(4)16/h10-12,16H,6-9H2,1-5H3,(H,14,17). The molecule has 0 heterocycles. The quantitative estimate of drug-likeness (QED) is 0.721. The first-order chi connectivity index (χ1) is 7.82. The zero-order chi connectivity index (χ0) is 13.4. The molecule has 2 amide bonds. The summed E-state index contributed by atoms with van der Waals surface area (Å²) in [6.45, 7) is 8.48. The molecule has 0 aromatic heterocycles. The van der Waals surface area contributed by atoms with E-state index in [-0.39, 0.29) is 12.1 Å². The van der Waals surface area contributed by atoms with Gasteiger partial charge in [-0.1, -0.05) is 26.7 Å². The van der Waals surface area contributed by atoms with Crippen LogP contribution in [0, 0.1) is 5.92 Å². The molecule has 0 spiro atoms. The van der Waals surface area contributed by atoms with Crippen LogP contribution in [-0.4, -0.2) is 41.8 Å². The highest BCUT2D eigenvalue weighted by molar-refractivity contribution is 5.74. The lowest BCUT2D eigenvalue weighted by molar-refractivity contribution is 0.142. The predicted molar refractivity (Wildman–Crippen MR) is 71.0 cm³/mol. The van der Waals surface area contributed by atoms with Gasteiger partial charge >= 0.3 is 6.03 Å². The molecule has 4 nitrogen and oxygen atoms in total. The van der Waals surface area contributed by atoms with Gasteiger partial charge in [0.2, 0.25) is 0 Å². The molecule has 2 atom stereocenters. The van der Waals surface area contributed by atoms with Crippen LogP contribution in [0.2, 0.25) is 0 Å². The lowest BCUT2D eigenvalue weighted by Crippen LogP contribution is -2.44. The van der Waals surface area contributed by atoms with E-state index in [0.29, 0.717) is 6.54 Å². The predicted octanol–water partition coefficient (Wildman–Crippen LogP) is 2.22. The van der Waals surface area contributed by atoms with Crippen LogP contribution in [0.3, 0.4) is 0 Å². The molecular weight excluding hydrogens is 216 g/mol. The third kappa shape index (κ3) is 8.98. The molecule has 0 saturated heterocycles. The molecule has 0 radical (unpaired) electrons. The Hall–Kier alpha value is -0.770. The van der Waals surface area contributed by atoms with Gasteiger partial charge in [0.1, 0.15) is 0 Å². The Kier molecular flexibility index (Phi) is 7.96. The highest BCUT2D eigenvalue weighted by Crippen LogP contribution is 2.08. The topological polar surface area (TPSA) is 52.6 Å². The fourth-order valence-electron chi connectivity index (χ4n) is 1.70. The summed E-state index contributed by atoms with van der Waals surface area (Å²) in [5.41, 5.74) is 0. The van der Waals surface area contributed by atoms with Gasteiger partial charge in [0.25, 0.3) is 0 Å². The van der Waals surface area contributed by atoms with Gasteiger partial charge in [-0.25, -0.2) is 4.79 Å². The van der Waals surface area contributed by atoms with Gasteiger partial charge in [0.05, 0.1) is 6.10 Å². The van der Waals surface area contributed by atoms with Crippen LogP contribution in [0.4, 0.5) is 4.79 Å². The minimum atomic E-state index is -0.484. The maximum atomic E-state index is 11.7. The number of nitrogens with one attached hydrogen (secondary N) is 1. The van der Waals surface area contributed by atoms with Crippen LogP contribution in [-0.2, 0) is 0 Å². The second-order valence-electron chi connectivity index (χ2n) is 5.40. The molecule has 0 aliphatic heterocycles. The van der Waals surface area contributed by atoms with Crippen molar-refractivity contribution in [3.8, 4) is 0 Å². The third-order valence-electron chi connectivity index (χ3n) is 2.67. The molecule has 0 rings (SSSR count). The van der Waals surface area contributed by atoms with Crippen LogP contribution in [0.1, 0.15) is 47.0 Å². The number of rotatable bonds is 7. The summed E-state index contributed by atoms with van der Waals surface area (Å²) in [4.78, 5) is 13.2. The van der Waals surface area contributed by atoms with Crippen molar-refractivity contribution in [1.82, 2.24) is 10.2 Å². The van der Waals surface area contributed by atoms with E-state index in [4.69, 9.17) is 0 Å². The summed E-state index contributed by atoms with van der Waals surface area (Å²) < 4.78 is 0. The molecule has 0 saturated carbocycles. The van der Waals surface area contributed by atoms with Gasteiger partial charge in [-0.2, -0.15) is 0 Å². The van der Waals surface area contributed by atoms with Gasteiger partial charge in [-0.15, -0.1) is 0 Å². The van der Waals surface area contributed by atoms with Gasteiger partial charge in [0, 0.05) is 19.6 Å². The van der Waals surface area contributed by atoms with Crippen LogP contribution < -0.4 is 5.32 Å². The van der Waals surface area contributed by atoms with Crippen molar-refractivity contribution in [2.75, 3.05) is 13.6 Å². The second kappa shape index (κ2) is 8.34. The number of carbonyl (C=O) groups is 1. The van der Waals surface area contributed by atoms with Crippen molar-refractivity contribution < 1.29 is 9.90 Å². The smallest absolute Gasteiger partial charge is 0.317 e. The normalized spacial score (nSPS) is 14.5. The van der Waals surface area contributed by atoms with Crippen LogP contribution in [0.15, 0.2) is 0 Å². The summed E-state index contributed by atoms with van der Waals surface area (Å²) in [6.07, 6.45) is 2.86. The molecule has 102 valence electrons. The summed E-state index contributed by atoms with van der Waals surface area (Å²) in [6, 6.07) is 0.0839. The largest absolute Gasteiger partial charge is 0.392 e. The molecule has 4 heteroatoms. The van der Waals surface area contributed by atoms with E-state index >= 15 is 0 Å². The van der Waals surface area contributed by atoms with Crippen LogP contribution in [0.25, 0.3) is 0 Å². The van der Waals surface area contributed by atoms with Crippen molar-refractivity contribution in [3.63, 3.8) is 0 Å². The fourth-order valence-corrected chi connectivity index (χ4v) is 1.70. The Morgan fingerprint density at radius 2 is 1.82 bits per heavy atom.